The van der Waals surface area contributed by atoms with E-state index in [1.54, 1.807) is 18.2 Å². The van der Waals surface area contributed by atoms with Crippen LogP contribution in [0.1, 0.15) is 53.5 Å². The second kappa shape index (κ2) is 11.3. The van der Waals surface area contributed by atoms with Crippen LogP contribution in [0.2, 0.25) is 5.02 Å². The van der Waals surface area contributed by atoms with Gasteiger partial charge in [-0.15, -0.1) is 0 Å². The van der Waals surface area contributed by atoms with Crippen LogP contribution < -0.4 is 4.74 Å². The molecule has 1 aliphatic heterocycles. The van der Waals surface area contributed by atoms with Crippen LogP contribution in [0, 0.1) is 11.7 Å². The minimum Gasteiger partial charge on any atom is -0.477 e. The van der Waals surface area contributed by atoms with Gasteiger partial charge in [0.15, 0.2) is 17.2 Å². The minimum atomic E-state index is -1.07. The second-order valence-corrected chi connectivity index (χ2v) is 10.4. The third-order valence-corrected chi connectivity index (χ3v) is 7.43. The third kappa shape index (κ3) is 5.66. The van der Waals surface area contributed by atoms with Gasteiger partial charge in [0.2, 0.25) is 5.82 Å². The first-order chi connectivity index (χ1) is 19.4. The molecule has 0 bridgehead atoms. The molecule has 40 heavy (non-hydrogen) atoms. The molecule has 4 aromatic heterocycles. The zero-order valence-corrected chi connectivity index (χ0v) is 22.2. The number of imidazole rings is 1. The first kappa shape index (κ1) is 26.3. The number of pyridine rings is 2. The van der Waals surface area contributed by atoms with E-state index in [0.29, 0.717) is 46.6 Å². The number of hydrogen-bond donors (Lipinski definition) is 1. The van der Waals surface area contributed by atoms with Crippen molar-refractivity contribution in [3.63, 3.8) is 0 Å². The van der Waals surface area contributed by atoms with Crippen LogP contribution in [-0.2, 0) is 24.3 Å². The average molecular weight is 565 g/mol. The van der Waals surface area contributed by atoms with Crippen molar-refractivity contribution in [1.82, 2.24) is 29.5 Å². The number of nitrogens with zero attached hydrogens (tertiary/aromatic N) is 6. The lowest BCUT2D eigenvalue weighted by atomic mass is 9.87. The highest BCUT2D eigenvalue weighted by molar-refractivity contribution is 6.30. The molecule has 0 spiro atoms. The number of halogens is 2. The van der Waals surface area contributed by atoms with Gasteiger partial charge in [-0.1, -0.05) is 17.7 Å². The van der Waals surface area contributed by atoms with Gasteiger partial charge in [-0.25, -0.2) is 19.7 Å². The SMILES string of the molecule is O=C(O)c1ccc2nc(CC3CC=C(c4ncc(F)c(OCc5ccc(Cl)cn5)n4)CC3)n(CC3CCO3)c2n1. The van der Waals surface area contributed by atoms with Crippen LogP contribution in [0.3, 0.4) is 0 Å². The molecule has 0 aromatic carbocycles. The monoisotopic (exact) mass is 564 g/mol. The molecule has 0 radical (unpaired) electrons. The van der Waals surface area contributed by atoms with Crippen molar-refractivity contribution in [2.75, 3.05) is 6.61 Å². The van der Waals surface area contributed by atoms with Crippen LogP contribution in [0.25, 0.3) is 16.7 Å². The number of carbonyl (C=O) groups is 1. The maximum atomic E-state index is 14.4. The van der Waals surface area contributed by atoms with E-state index in [-0.39, 0.29) is 24.3 Å². The van der Waals surface area contributed by atoms with Gasteiger partial charge in [-0.3, -0.25) is 4.98 Å². The number of hydrogen-bond acceptors (Lipinski definition) is 8. The lowest BCUT2D eigenvalue weighted by molar-refractivity contribution is -0.0591. The molecule has 1 N–H and O–H groups in total. The van der Waals surface area contributed by atoms with Gasteiger partial charge in [0, 0.05) is 19.2 Å². The molecule has 1 fully saturated rings. The van der Waals surface area contributed by atoms with Crippen molar-refractivity contribution in [3.8, 4) is 5.88 Å². The number of rotatable bonds is 9. The molecule has 10 nitrogen and oxygen atoms in total. The molecule has 2 aliphatic rings. The standard InChI is InChI=1S/C28H26ClFN6O4/c29-18-5-6-19(31-12-18)15-40-27-21(30)13-32-25(35-27)17-3-1-16(2-4-17)11-24-33-22-7-8-23(28(37)38)34-26(22)36(24)14-20-9-10-39-20/h3,5-8,12-13,16,20H,1-2,4,9-11,14-15H2,(H,37,38). The van der Waals surface area contributed by atoms with E-state index in [0.717, 1.165) is 49.9 Å². The number of aromatic nitrogens is 6. The number of carboxylic acids is 1. The number of ether oxygens (including phenoxy) is 2. The van der Waals surface area contributed by atoms with Crippen LogP contribution in [-0.4, -0.2) is 53.3 Å². The second-order valence-electron chi connectivity index (χ2n) is 9.94. The van der Waals surface area contributed by atoms with Gasteiger partial charge in [0.1, 0.15) is 17.9 Å². The molecular formula is C28H26ClFN6O4. The maximum Gasteiger partial charge on any atom is 0.354 e. The summed E-state index contributed by atoms with van der Waals surface area (Å²) in [4.78, 5) is 33.4. The zero-order chi connectivity index (χ0) is 27.6. The summed E-state index contributed by atoms with van der Waals surface area (Å²) in [5.41, 5.74) is 2.78. The van der Waals surface area contributed by atoms with E-state index >= 15 is 0 Å². The normalized spacial score (nSPS) is 18.8. The van der Waals surface area contributed by atoms with Gasteiger partial charge < -0.3 is 19.1 Å². The molecule has 4 aromatic rings. The Hall–Kier alpha value is -3.96. The van der Waals surface area contributed by atoms with E-state index in [4.69, 9.17) is 26.1 Å². The Morgan fingerprint density at radius 2 is 2.02 bits per heavy atom. The van der Waals surface area contributed by atoms with E-state index in [2.05, 4.69) is 26.0 Å². The Morgan fingerprint density at radius 1 is 1.15 bits per heavy atom. The lowest BCUT2D eigenvalue weighted by Gasteiger charge is -2.28. The van der Waals surface area contributed by atoms with Crippen LogP contribution in [0.5, 0.6) is 5.88 Å². The highest BCUT2D eigenvalue weighted by atomic mass is 35.5. The molecule has 5 heterocycles. The molecular weight excluding hydrogens is 539 g/mol. The maximum absolute atomic E-state index is 14.4. The summed E-state index contributed by atoms with van der Waals surface area (Å²) >= 11 is 5.86. The summed E-state index contributed by atoms with van der Waals surface area (Å²) in [7, 11) is 0. The number of allylic oxidation sites excluding steroid dienone is 2. The van der Waals surface area contributed by atoms with E-state index in [1.807, 2.05) is 4.57 Å². The predicted molar refractivity (Wildman–Crippen MR) is 143 cm³/mol. The van der Waals surface area contributed by atoms with Crippen molar-refractivity contribution < 1.29 is 23.8 Å². The summed E-state index contributed by atoms with van der Waals surface area (Å²) in [5.74, 6) is -0.205. The summed E-state index contributed by atoms with van der Waals surface area (Å²) in [6.45, 7) is 1.38. The van der Waals surface area contributed by atoms with Crippen molar-refractivity contribution in [3.05, 3.63) is 76.6 Å². The largest absolute Gasteiger partial charge is 0.477 e. The molecule has 2 unspecified atom stereocenters. The number of aromatic carboxylic acids is 1. The fraction of sp³-hybridized carbons (Fsp3) is 0.357. The fourth-order valence-electron chi connectivity index (χ4n) is 4.92. The molecule has 206 valence electrons. The summed E-state index contributed by atoms with van der Waals surface area (Å²) in [5, 5.41) is 9.92. The highest BCUT2D eigenvalue weighted by Crippen LogP contribution is 2.32. The first-order valence-corrected chi connectivity index (χ1v) is 13.5. The van der Waals surface area contributed by atoms with Crippen molar-refractivity contribution in [2.45, 2.75) is 51.4 Å². The van der Waals surface area contributed by atoms with Crippen LogP contribution in [0.15, 0.2) is 42.7 Å². The van der Waals surface area contributed by atoms with Crippen molar-refractivity contribution >= 4 is 34.3 Å². The number of carboxylic acid groups (broad SMARTS) is 1. The molecule has 0 amide bonds. The molecule has 6 rings (SSSR count). The topological polar surface area (TPSA) is 125 Å². The third-order valence-electron chi connectivity index (χ3n) is 7.21. The summed E-state index contributed by atoms with van der Waals surface area (Å²) in [6, 6.07) is 6.59. The van der Waals surface area contributed by atoms with Crippen molar-refractivity contribution in [2.24, 2.45) is 5.92 Å². The number of fused-ring (bicyclic) bond motifs is 1. The van der Waals surface area contributed by atoms with Crippen LogP contribution in [0.4, 0.5) is 4.39 Å². The first-order valence-electron chi connectivity index (χ1n) is 13.1. The smallest absolute Gasteiger partial charge is 0.354 e. The predicted octanol–water partition coefficient (Wildman–Crippen LogP) is 4.90. The van der Waals surface area contributed by atoms with Gasteiger partial charge >= 0.3 is 5.97 Å². The van der Waals surface area contributed by atoms with E-state index < -0.39 is 11.8 Å². The summed E-state index contributed by atoms with van der Waals surface area (Å²) < 4.78 is 27.6. The molecule has 1 saturated heterocycles. The minimum absolute atomic E-state index is 0.00737. The van der Waals surface area contributed by atoms with Gasteiger partial charge in [0.05, 0.1) is 29.6 Å². The Balaban J connectivity index is 1.16. The Morgan fingerprint density at radius 3 is 2.73 bits per heavy atom. The quantitative estimate of drug-likeness (QED) is 0.302. The van der Waals surface area contributed by atoms with E-state index in [1.165, 1.54) is 12.3 Å². The molecule has 1 aliphatic carbocycles. The van der Waals surface area contributed by atoms with Gasteiger partial charge in [-0.2, -0.15) is 9.37 Å². The van der Waals surface area contributed by atoms with Gasteiger partial charge in [-0.05, 0) is 61.4 Å². The zero-order valence-electron chi connectivity index (χ0n) is 21.5. The highest BCUT2D eigenvalue weighted by Gasteiger charge is 2.26. The van der Waals surface area contributed by atoms with Crippen molar-refractivity contribution in [1.29, 1.82) is 0 Å². The lowest BCUT2D eigenvalue weighted by Crippen LogP contribution is -2.32. The summed E-state index contributed by atoms with van der Waals surface area (Å²) in [6.07, 6.45) is 8.83. The van der Waals surface area contributed by atoms with Gasteiger partial charge in [0.25, 0.3) is 5.88 Å². The van der Waals surface area contributed by atoms with E-state index in [9.17, 15) is 14.3 Å². The molecule has 12 heteroatoms. The Kier molecular flexibility index (Phi) is 7.40. The fourth-order valence-corrected chi connectivity index (χ4v) is 5.04. The molecule has 0 saturated carbocycles. The molecule has 2 atom stereocenters. The van der Waals surface area contributed by atoms with Crippen LogP contribution >= 0.6 is 11.6 Å². The Labute approximate surface area is 233 Å². The average Bonchev–Trinajstić information content (AvgIpc) is 3.27. The Bertz CT molecular complexity index is 1590.